The number of hydrogen-bond donors (Lipinski definition) is 2. The van der Waals surface area contributed by atoms with Crippen molar-refractivity contribution in [2.75, 3.05) is 27.2 Å². The van der Waals surface area contributed by atoms with Crippen LogP contribution >= 0.6 is 0 Å². The van der Waals surface area contributed by atoms with Crippen molar-refractivity contribution in [2.24, 2.45) is 0 Å². The average Bonchev–Trinajstić information content (AvgIpc) is 2.82. The van der Waals surface area contributed by atoms with Gasteiger partial charge in [0.1, 0.15) is 5.75 Å². The number of benzene rings is 1. The van der Waals surface area contributed by atoms with Crippen LogP contribution in [0.25, 0.3) is 0 Å². The van der Waals surface area contributed by atoms with Crippen molar-refractivity contribution in [1.29, 1.82) is 0 Å². The van der Waals surface area contributed by atoms with Gasteiger partial charge in [0.25, 0.3) is 0 Å². The number of methoxy groups -OCH3 is 1. The van der Waals surface area contributed by atoms with Crippen LogP contribution in [-0.4, -0.2) is 57.2 Å². The molecule has 118 valence electrons. The van der Waals surface area contributed by atoms with Crippen LogP contribution in [0.15, 0.2) is 17.0 Å². The Bertz CT molecular complexity index is 607. The lowest BCUT2D eigenvalue weighted by Crippen LogP contribution is -2.44. The molecule has 21 heavy (non-hydrogen) atoms. The Balaban J connectivity index is 2.44. The predicted molar refractivity (Wildman–Crippen MR) is 80.1 cm³/mol. The number of aryl methyl sites for hydroxylation is 2. The first-order chi connectivity index (χ1) is 9.78. The van der Waals surface area contributed by atoms with Gasteiger partial charge in [-0.05, 0) is 37.1 Å². The summed E-state index contributed by atoms with van der Waals surface area (Å²) in [5, 5.41) is 12.9. The Morgan fingerprint density at radius 3 is 2.29 bits per heavy atom. The Hall–Kier alpha value is -1.15. The second-order valence-corrected chi connectivity index (χ2v) is 7.34. The van der Waals surface area contributed by atoms with Crippen LogP contribution in [0.3, 0.4) is 0 Å². The van der Waals surface area contributed by atoms with Gasteiger partial charge in [-0.15, -0.1) is 0 Å². The molecule has 2 N–H and O–H groups in total. The molecule has 1 aliphatic rings. The van der Waals surface area contributed by atoms with E-state index in [-0.39, 0.29) is 4.90 Å². The van der Waals surface area contributed by atoms with Crippen molar-refractivity contribution in [3.8, 4) is 5.75 Å². The summed E-state index contributed by atoms with van der Waals surface area (Å²) >= 11 is 0. The van der Waals surface area contributed by atoms with E-state index >= 15 is 0 Å². The summed E-state index contributed by atoms with van der Waals surface area (Å²) in [6.07, 6.45) is -0.691. The minimum Gasteiger partial charge on any atom is -0.497 e. The van der Waals surface area contributed by atoms with Gasteiger partial charge in [0.05, 0.1) is 24.2 Å². The van der Waals surface area contributed by atoms with Crippen molar-refractivity contribution < 1.29 is 18.3 Å². The molecule has 6 nitrogen and oxygen atoms in total. The van der Waals surface area contributed by atoms with E-state index in [2.05, 4.69) is 5.32 Å². The number of aliphatic hydroxyl groups is 1. The van der Waals surface area contributed by atoms with E-state index in [4.69, 9.17) is 4.74 Å². The number of rotatable bonds is 4. The Morgan fingerprint density at radius 2 is 1.86 bits per heavy atom. The molecule has 1 aromatic carbocycles. The van der Waals surface area contributed by atoms with Crippen molar-refractivity contribution >= 4 is 10.0 Å². The van der Waals surface area contributed by atoms with Gasteiger partial charge in [-0.25, -0.2) is 8.42 Å². The van der Waals surface area contributed by atoms with Crippen LogP contribution in [0.4, 0.5) is 0 Å². The number of nitrogens with zero attached hydrogens (tertiary/aromatic N) is 1. The first-order valence-electron chi connectivity index (χ1n) is 6.81. The molecule has 0 unspecified atom stereocenters. The summed E-state index contributed by atoms with van der Waals surface area (Å²) < 4.78 is 32.1. The Kier molecular flexibility index (Phi) is 4.57. The zero-order valence-corrected chi connectivity index (χ0v) is 13.6. The van der Waals surface area contributed by atoms with Crippen molar-refractivity contribution in [1.82, 2.24) is 9.62 Å². The Labute approximate surface area is 125 Å². The molecule has 7 heteroatoms. The second kappa shape index (κ2) is 5.92. The molecule has 2 atom stereocenters. The molecular formula is C14H22N2O4S. The molecule has 0 aliphatic carbocycles. The van der Waals surface area contributed by atoms with Gasteiger partial charge in [-0.3, -0.25) is 0 Å². The smallest absolute Gasteiger partial charge is 0.243 e. The van der Waals surface area contributed by atoms with Gasteiger partial charge in [-0.2, -0.15) is 4.31 Å². The lowest BCUT2D eigenvalue weighted by molar-refractivity contribution is 0.136. The topological polar surface area (TPSA) is 78.9 Å². The molecule has 0 spiro atoms. The van der Waals surface area contributed by atoms with Crippen molar-refractivity contribution in [3.05, 3.63) is 23.3 Å². The summed E-state index contributed by atoms with van der Waals surface area (Å²) in [5.74, 6) is 0.633. The molecule has 0 saturated carbocycles. The zero-order chi connectivity index (χ0) is 15.8. The lowest BCUT2D eigenvalue weighted by atomic mass is 10.1. The number of hydrogen-bond acceptors (Lipinski definition) is 5. The Morgan fingerprint density at radius 1 is 1.29 bits per heavy atom. The van der Waals surface area contributed by atoms with E-state index in [9.17, 15) is 13.5 Å². The molecule has 1 fully saturated rings. The molecule has 0 aromatic heterocycles. The monoisotopic (exact) mass is 314 g/mol. The summed E-state index contributed by atoms with van der Waals surface area (Å²) in [4.78, 5) is 0.282. The molecule has 1 aromatic rings. The minimum atomic E-state index is -3.66. The van der Waals surface area contributed by atoms with Gasteiger partial charge in [0, 0.05) is 20.1 Å². The van der Waals surface area contributed by atoms with E-state index in [0.717, 1.165) is 0 Å². The van der Waals surface area contributed by atoms with Gasteiger partial charge in [0.15, 0.2) is 0 Å². The third kappa shape index (κ3) is 2.91. The average molecular weight is 314 g/mol. The third-order valence-corrected chi connectivity index (χ3v) is 6.11. The van der Waals surface area contributed by atoms with Crippen LogP contribution in [0.5, 0.6) is 5.75 Å². The van der Waals surface area contributed by atoms with Crippen LogP contribution < -0.4 is 10.1 Å². The number of aliphatic hydroxyl groups excluding tert-OH is 1. The van der Waals surface area contributed by atoms with Gasteiger partial charge >= 0.3 is 0 Å². The normalized spacial score (nSPS) is 22.8. The van der Waals surface area contributed by atoms with E-state index in [1.165, 1.54) is 11.4 Å². The third-order valence-electron chi connectivity index (χ3n) is 3.92. The van der Waals surface area contributed by atoms with E-state index < -0.39 is 22.2 Å². The van der Waals surface area contributed by atoms with Crippen LogP contribution in [0.1, 0.15) is 11.1 Å². The molecule has 2 rings (SSSR count). The largest absolute Gasteiger partial charge is 0.497 e. The molecule has 0 amide bonds. The predicted octanol–water partition coefficient (Wildman–Crippen LogP) is 0.265. The maximum absolute atomic E-state index is 12.9. The summed E-state index contributed by atoms with van der Waals surface area (Å²) in [6, 6.07) is 2.96. The maximum Gasteiger partial charge on any atom is 0.243 e. The van der Waals surface area contributed by atoms with Gasteiger partial charge in [-0.1, -0.05) is 0 Å². The highest BCUT2D eigenvalue weighted by Gasteiger charge is 2.37. The number of sulfonamides is 1. The molecule has 1 heterocycles. The quantitative estimate of drug-likeness (QED) is 0.834. The number of ether oxygens (including phenoxy) is 1. The number of nitrogens with one attached hydrogen (secondary N) is 1. The minimum absolute atomic E-state index is 0.282. The molecule has 1 saturated heterocycles. The van der Waals surface area contributed by atoms with Crippen LogP contribution in [0.2, 0.25) is 0 Å². The SMILES string of the molecule is COc1cc(C)c(S(=O)(=O)N(C)[C@@H]2CNC[C@H]2O)c(C)c1. The molecule has 0 bridgehead atoms. The van der Waals surface area contributed by atoms with E-state index in [1.807, 2.05) is 0 Å². The van der Waals surface area contributed by atoms with Gasteiger partial charge < -0.3 is 15.2 Å². The lowest BCUT2D eigenvalue weighted by Gasteiger charge is -2.27. The van der Waals surface area contributed by atoms with Crippen LogP contribution in [-0.2, 0) is 10.0 Å². The standard InChI is InChI=1S/C14H22N2O4S/c1-9-5-11(20-4)6-10(2)14(9)21(18,19)16(3)12-7-15-8-13(12)17/h5-6,12-13,15,17H,7-8H2,1-4H3/t12-,13-/m1/s1. The molecular weight excluding hydrogens is 292 g/mol. The summed E-state index contributed by atoms with van der Waals surface area (Å²) in [5.41, 5.74) is 1.28. The van der Waals surface area contributed by atoms with Crippen molar-refractivity contribution in [2.45, 2.75) is 30.9 Å². The fraction of sp³-hybridized carbons (Fsp3) is 0.571. The fourth-order valence-corrected chi connectivity index (χ4v) is 4.57. The van der Waals surface area contributed by atoms with E-state index in [0.29, 0.717) is 30.0 Å². The second-order valence-electron chi connectivity index (χ2n) is 5.40. The number of β-amino-alcohol motifs (C(OH)–C–C–N with tert-alkyl or cyclic N) is 1. The fourth-order valence-electron chi connectivity index (χ4n) is 2.78. The molecule has 0 radical (unpaired) electrons. The highest BCUT2D eigenvalue weighted by Crippen LogP contribution is 2.29. The summed E-state index contributed by atoms with van der Waals surface area (Å²) in [7, 11) is -0.600. The van der Waals surface area contributed by atoms with E-state index in [1.54, 1.807) is 33.1 Å². The first kappa shape index (κ1) is 16.2. The zero-order valence-electron chi connectivity index (χ0n) is 12.8. The van der Waals surface area contributed by atoms with Crippen LogP contribution in [0, 0.1) is 13.8 Å². The van der Waals surface area contributed by atoms with Crippen molar-refractivity contribution in [3.63, 3.8) is 0 Å². The maximum atomic E-state index is 12.9. The van der Waals surface area contributed by atoms with Gasteiger partial charge in [0.2, 0.25) is 10.0 Å². The summed E-state index contributed by atoms with van der Waals surface area (Å²) in [6.45, 7) is 4.36. The molecule has 1 aliphatic heterocycles. The first-order valence-corrected chi connectivity index (χ1v) is 8.25. The number of likely N-dealkylation sites (N-methyl/N-ethyl adjacent to an activating group) is 1. The highest BCUT2D eigenvalue weighted by molar-refractivity contribution is 7.89. The highest BCUT2D eigenvalue weighted by atomic mass is 32.2.